The van der Waals surface area contributed by atoms with Gasteiger partial charge in [-0.2, -0.15) is 0 Å². The quantitative estimate of drug-likeness (QED) is 0.188. The Labute approximate surface area is 168 Å². The molecule has 0 aromatic carbocycles. The largest absolute Gasteiger partial charge is 0.0654 e. The van der Waals surface area contributed by atoms with Gasteiger partial charge in [0.25, 0.3) is 0 Å². The maximum Gasteiger partial charge on any atom is -0.0414 e. The molecular formula is C26H54. The van der Waals surface area contributed by atoms with E-state index in [1.165, 1.54) is 116 Å². The molecule has 0 saturated heterocycles. The molecule has 0 amide bonds. The second-order valence-corrected chi connectivity index (χ2v) is 9.11. The van der Waals surface area contributed by atoms with Crippen LogP contribution in [0.5, 0.6) is 0 Å². The number of unbranched alkanes of at least 4 members (excludes halogenated alkanes) is 2. The standard InChI is InChI=1S/C26H54/c1-6-11-12-19-26(22-13-20-24(15-7-2)16-8-3)23-14-21-25(17-9-4)18-10-5/h24-26H,6-23H2,1-5H3. The molecule has 0 aromatic heterocycles. The van der Waals surface area contributed by atoms with E-state index in [4.69, 9.17) is 0 Å². The molecule has 0 aliphatic rings. The first-order valence-electron chi connectivity index (χ1n) is 12.7. The summed E-state index contributed by atoms with van der Waals surface area (Å²) in [4.78, 5) is 0. The zero-order chi connectivity index (χ0) is 19.5. The molecule has 0 heteroatoms. The van der Waals surface area contributed by atoms with E-state index < -0.39 is 0 Å². The molecule has 0 heterocycles. The highest BCUT2D eigenvalue weighted by Crippen LogP contribution is 2.28. The molecule has 0 aliphatic heterocycles. The Kier molecular flexibility index (Phi) is 19.8. The van der Waals surface area contributed by atoms with Crippen molar-refractivity contribution in [3.05, 3.63) is 0 Å². The fourth-order valence-corrected chi connectivity index (χ4v) is 5.01. The smallest absolute Gasteiger partial charge is 0.0414 e. The Morgan fingerprint density at radius 3 is 0.923 bits per heavy atom. The van der Waals surface area contributed by atoms with Crippen molar-refractivity contribution in [2.24, 2.45) is 17.8 Å². The van der Waals surface area contributed by atoms with Crippen LogP contribution in [0, 0.1) is 17.8 Å². The summed E-state index contributed by atoms with van der Waals surface area (Å²) in [6.07, 6.45) is 26.2. The lowest BCUT2D eigenvalue weighted by Crippen LogP contribution is -2.06. The van der Waals surface area contributed by atoms with Crippen LogP contribution in [0.4, 0.5) is 0 Å². The highest BCUT2D eigenvalue weighted by Gasteiger charge is 2.13. The van der Waals surface area contributed by atoms with E-state index >= 15 is 0 Å². The molecule has 0 N–H and O–H groups in total. The lowest BCUT2D eigenvalue weighted by Gasteiger charge is -2.21. The van der Waals surface area contributed by atoms with Gasteiger partial charge in [-0.1, -0.05) is 150 Å². The first-order valence-corrected chi connectivity index (χ1v) is 12.7. The van der Waals surface area contributed by atoms with Gasteiger partial charge in [0.15, 0.2) is 0 Å². The van der Waals surface area contributed by atoms with Crippen molar-refractivity contribution < 1.29 is 0 Å². The molecule has 0 aliphatic carbocycles. The summed E-state index contributed by atoms with van der Waals surface area (Å²) < 4.78 is 0. The summed E-state index contributed by atoms with van der Waals surface area (Å²) in [5, 5.41) is 0. The van der Waals surface area contributed by atoms with E-state index in [0.29, 0.717) is 0 Å². The molecule has 0 nitrogen and oxygen atoms in total. The lowest BCUT2D eigenvalue weighted by atomic mass is 9.85. The van der Waals surface area contributed by atoms with Crippen LogP contribution in [0.15, 0.2) is 0 Å². The molecule has 0 spiro atoms. The van der Waals surface area contributed by atoms with Crippen molar-refractivity contribution in [3.63, 3.8) is 0 Å². The molecule has 0 atom stereocenters. The van der Waals surface area contributed by atoms with E-state index in [1.807, 2.05) is 0 Å². The molecule has 0 bridgehead atoms. The molecule has 0 fully saturated rings. The minimum Gasteiger partial charge on any atom is -0.0654 e. The number of hydrogen-bond donors (Lipinski definition) is 0. The second-order valence-electron chi connectivity index (χ2n) is 9.11. The van der Waals surface area contributed by atoms with Gasteiger partial charge in [0, 0.05) is 0 Å². The first kappa shape index (κ1) is 26.0. The zero-order valence-electron chi connectivity index (χ0n) is 19.5. The highest BCUT2D eigenvalue weighted by atomic mass is 14.2. The summed E-state index contributed by atoms with van der Waals surface area (Å²) in [5.74, 6) is 3.05. The Hall–Kier alpha value is 0. The van der Waals surface area contributed by atoms with Crippen LogP contribution in [0.25, 0.3) is 0 Å². The van der Waals surface area contributed by atoms with Crippen LogP contribution in [0.1, 0.15) is 150 Å². The maximum atomic E-state index is 2.36. The molecule has 0 aromatic rings. The van der Waals surface area contributed by atoms with Gasteiger partial charge < -0.3 is 0 Å². The van der Waals surface area contributed by atoms with Crippen molar-refractivity contribution in [2.75, 3.05) is 0 Å². The van der Waals surface area contributed by atoms with E-state index in [-0.39, 0.29) is 0 Å². The molecule has 0 unspecified atom stereocenters. The zero-order valence-corrected chi connectivity index (χ0v) is 19.5. The molecule has 26 heavy (non-hydrogen) atoms. The van der Waals surface area contributed by atoms with Gasteiger partial charge in [0.05, 0.1) is 0 Å². The van der Waals surface area contributed by atoms with Crippen molar-refractivity contribution in [1.82, 2.24) is 0 Å². The van der Waals surface area contributed by atoms with Crippen molar-refractivity contribution in [3.8, 4) is 0 Å². The van der Waals surface area contributed by atoms with Crippen LogP contribution in [-0.2, 0) is 0 Å². The Balaban J connectivity index is 4.23. The van der Waals surface area contributed by atoms with Crippen LogP contribution in [0.3, 0.4) is 0 Å². The molecule has 0 saturated carbocycles. The Morgan fingerprint density at radius 1 is 0.308 bits per heavy atom. The average molecular weight is 367 g/mol. The van der Waals surface area contributed by atoms with Gasteiger partial charge in [-0.15, -0.1) is 0 Å². The molecule has 0 radical (unpaired) electrons. The van der Waals surface area contributed by atoms with E-state index in [0.717, 1.165) is 17.8 Å². The molecule has 0 rings (SSSR count). The SMILES string of the molecule is CCCCCC(CCCC(CCC)CCC)CCCC(CCC)CCC. The topological polar surface area (TPSA) is 0 Å². The van der Waals surface area contributed by atoms with Crippen molar-refractivity contribution in [1.29, 1.82) is 0 Å². The van der Waals surface area contributed by atoms with E-state index in [2.05, 4.69) is 34.6 Å². The predicted molar refractivity (Wildman–Crippen MR) is 122 cm³/mol. The highest BCUT2D eigenvalue weighted by molar-refractivity contribution is 4.66. The van der Waals surface area contributed by atoms with Crippen LogP contribution in [0.2, 0.25) is 0 Å². The summed E-state index contributed by atoms with van der Waals surface area (Å²) in [6, 6.07) is 0. The fourth-order valence-electron chi connectivity index (χ4n) is 5.01. The van der Waals surface area contributed by atoms with Gasteiger partial charge in [0.2, 0.25) is 0 Å². The van der Waals surface area contributed by atoms with E-state index in [1.54, 1.807) is 0 Å². The Bertz CT molecular complexity index is 223. The van der Waals surface area contributed by atoms with Crippen molar-refractivity contribution in [2.45, 2.75) is 150 Å². The molecular weight excluding hydrogens is 312 g/mol. The predicted octanol–water partition coefficient (Wildman–Crippen LogP) is 9.96. The van der Waals surface area contributed by atoms with Gasteiger partial charge in [-0.05, 0) is 17.8 Å². The minimum atomic E-state index is 1.01. The fraction of sp³-hybridized carbons (Fsp3) is 1.00. The van der Waals surface area contributed by atoms with Gasteiger partial charge >= 0.3 is 0 Å². The van der Waals surface area contributed by atoms with Gasteiger partial charge in [-0.25, -0.2) is 0 Å². The number of rotatable bonds is 20. The monoisotopic (exact) mass is 366 g/mol. The first-order chi connectivity index (χ1) is 12.7. The van der Waals surface area contributed by atoms with Crippen LogP contribution >= 0.6 is 0 Å². The van der Waals surface area contributed by atoms with Gasteiger partial charge in [0.1, 0.15) is 0 Å². The third kappa shape index (κ3) is 15.1. The summed E-state index contributed by atoms with van der Waals surface area (Å²) >= 11 is 0. The van der Waals surface area contributed by atoms with Gasteiger partial charge in [-0.3, -0.25) is 0 Å². The Morgan fingerprint density at radius 2 is 0.615 bits per heavy atom. The molecule has 158 valence electrons. The van der Waals surface area contributed by atoms with Crippen molar-refractivity contribution >= 4 is 0 Å². The maximum absolute atomic E-state index is 2.36. The summed E-state index contributed by atoms with van der Waals surface area (Å²) in [7, 11) is 0. The second kappa shape index (κ2) is 19.8. The third-order valence-corrected chi connectivity index (χ3v) is 6.45. The third-order valence-electron chi connectivity index (χ3n) is 6.45. The van der Waals surface area contributed by atoms with Crippen LogP contribution < -0.4 is 0 Å². The van der Waals surface area contributed by atoms with E-state index in [9.17, 15) is 0 Å². The lowest BCUT2D eigenvalue weighted by molar-refractivity contribution is 0.320. The number of hydrogen-bond acceptors (Lipinski definition) is 0. The minimum absolute atomic E-state index is 1.01. The van der Waals surface area contributed by atoms with Crippen LogP contribution in [-0.4, -0.2) is 0 Å². The average Bonchev–Trinajstić information content (AvgIpc) is 2.62. The normalized spacial score (nSPS) is 12.0. The summed E-state index contributed by atoms with van der Waals surface area (Å²) in [6.45, 7) is 11.8. The summed E-state index contributed by atoms with van der Waals surface area (Å²) in [5.41, 5.74) is 0.